The molecular formula is C18H35N3. The van der Waals surface area contributed by atoms with Crippen LogP contribution in [0.4, 0.5) is 0 Å². The Morgan fingerprint density at radius 3 is 2.48 bits per heavy atom. The van der Waals surface area contributed by atoms with E-state index in [2.05, 4.69) is 30.6 Å². The summed E-state index contributed by atoms with van der Waals surface area (Å²) < 4.78 is 0. The summed E-state index contributed by atoms with van der Waals surface area (Å²) >= 11 is 0. The van der Waals surface area contributed by atoms with Crippen LogP contribution in [0.1, 0.15) is 59.3 Å². The number of piperazine rings is 1. The highest BCUT2D eigenvalue weighted by atomic mass is 15.3. The van der Waals surface area contributed by atoms with Crippen LogP contribution in [0.2, 0.25) is 0 Å². The van der Waals surface area contributed by atoms with Gasteiger partial charge in [0.1, 0.15) is 0 Å². The number of fused-ring (bicyclic) bond motifs is 1. The van der Waals surface area contributed by atoms with Gasteiger partial charge >= 0.3 is 0 Å². The Morgan fingerprint density at radius 2 is 1.86 bits per heavy atom. The molecule has 0 bridgehead atoms. The molecule has 1 aliphatic carbocycles. The molecule has 1 saturated carbocycles. The first-order valence-corrected chi connectivity index (χ1v) is 9.26. The van der Waals surface area contributed by atoms with Crippen LogP contribution >= 0.6 is 0 Å². The van der Waals surface area contributed by atoms with Gasteiger partial charge < -0.3 is 5.73 Å². The SMILES string of the molecule is CC(C)C1CCC(CN)(N2CC3CCCN3CC2C)CC1. The molecule has 3 fully saturated rings. The normalized spacial score (nSPS) is 42.4. The minimum absolute atomic E-state index is 0.305. The van der Waals surface area contributed by atoms with E-state index in [0.29, 0.717) is 11.6 Å². The predicted octanol–water partition coefficient (Wildman–Crippen LogP) is 2.70. The number of hydrogen-bond donors (Lipinski definition) is 1. The van der Waals surface area contributed by atoms with Crippen molar-refractivity contribution in [1.29, 1.82) is 0 Å². The molecule has 0 aromatic heterocycles. The minimum Gasteiger partial charge on any atom is -0.329 e. The second-order valence-corrected chi connectivity index (χ2v) is 8.30. The van der Waals surface area contributed by atoms with Crippen LogP contribution < -0.4 is 5.73 Å². The van der Waals surface area contributed by atoms with Crippen molar-refractivity contribution in [2.24, 2.45) is 17.6 Å². The van der Waals surface area contributed by atoms with Gasteiger partial charge in [-0.3, -0.25) is 9.80 Å². The highest BCUT2D eigenvalue weighted by Gasteiger charge is 2.46. The highest BCUT2D eigenvalue weighted by Crippen LogP contribution is 2.41. The Balaban J connectivity index is 1.70. The van der Waals surface area contributed by atoms with Crippen LogP contribution in [0.3, 0.4) is 0 Å². The summed E-state index contributed by atoms with van der Waals surface area (Å²) in [4.78, 5) is 5.56. The van der Waals surface area contributed by atoms with E-state index >= 15 is 0 Å². The van der Waals surface area contributed by atoms with Gasteiger partial charge in [0.05, 0.1) is 0 Å². The van der Waals surface area contributed by atoms with Crippen LogP contribution in [0.25, 0.3) is 0 Å². The Labute approximate surface area is 131 Å². The van der Waals surface area contributed by atoms with Crippen molar-refractivity contribution in [2.75, 3.05) is 26.2 Å². The van der Waals surface area contributed by atoms with E-state index in [4.69, 9.17) is 5.73 Å². The molecule has 0 spiro atoms. The number of hydrogen-bond acceptors (Lipinski definition) is 3. The zero-order valence-electron chi connectivity index (χ0n) is 14.4. The van der Waals surface area contributed by atoms with E-state index in [1.165, 1.54) is 58.2 Å². The van der Waals surface area contributed by atoms with Crippen molar-refractivity contribution in [2.45, 2.75) is 76.9 Å². The third kappa shape index (κ3) is 2.89. The average Bonchev–Trinajstić information content (AvgIpc) is 2.93. The summed E-state index contributed by atoms with van der Waals surface area (Å²) in [5.74, 6) is 1.76. The van der Waals surface area contributed by atoms with Gasteiger partial charge in [-0.15, -0.1) is 0 Å². The van der Waals surface area contributed by atoms with Gasteiger partial charge in [0, 0.05) is 37.3 Å². The zero-order chi connectivity index (χ0) is 15.0. The predicted molar refractivity (Wildman–Crippen MR) is 89.3 cm³/mol. The van der Waals surface area contributed by atoms with Crippen LogP contribution in [0.5, 0.6) is 0 Å². The highest BCUT2D eigenvalue weighted by molar-refractivity contribution is 5.02. The molecule has 21 heavy (non-hydrogen) atoms. The smallest absolute Gasteiger partial charge is 0.0335 e. The van der Waals surface area contributed by atoms with Crippen molar-refractivity contribution in [3.8, 4) is 0 Å². The molecule has 0 aromatic rings. The molecule has 2 heterocycles. The molecule has 3 rings (SSSR count). The summed E-state index contributed by atoms with van der Waals surface area (Å²) in [6.45, 7) is 11.9. The molecule has 2 unspecified atom stereocenters. The number of nitrogens with two attached hydrogens (primary N) is 1. The van der Waals surface area contributed by atoms with E-state index in [9.17, 15) is 0 Å². The van der Waals surface area contributed by atoms with Crippen LogP contribution in [0, 0.1) is 11.8 Å². The molecule has 2 N–H and O–H groups in total. The molecule has 2 atom stereocenters. The molecule has 3 nitrogen and oxygen atoms in total. The third-order valence-electron chi connectivity index (χ3n) is 6.83. The van der Waals surface area contributed by atoms with Gasteiger partial charge in [0.25, 0.3) is 0 Å². The van der Waals surface area contributed by atoms with Crippen molar-refractivity contribution in [1.82, 2.24) is 9.80 Å². The van der Waals surface area contributed by atoms with Crippen molar-refractivity contribution in [3.63, 3.8) is 0 Å². The van der Waals surface area contributed by atoms with Crippen molar-refractivity contribution >= 4 is 0 Å². The molecule has 0 aromatic carbocycles. The zero-order valence-corrected chi connectivity index (χ0v) is 14.4. The largest absolute Gasteiger partial charge is 0.329 e. The minimum atomic E-state index is 0.305. The molecule has 2 saturated heterocycles. The lowest BCUT2D eigenvalue weighted by molar-refractivity contribution is -0.0463. The van der Waals surface area contributed by atoms with E-state index in [0.717, 1.165) is 24.4 Å². The maximum atomic E-state index is 6.33. The molecule has 2 aliphatic heterocycles. The Hall–Kier alpha value is -0.120. The van der Waals surface area contributed by atoms with Gasteiger partial charge in [-0.1, -0.05) is 13.8 Å². The van der Waals surface area contributed by atoms with Gasteiger partial charge in [-0.05, 0) is 63.8 Å². The second-order valence-electron chi connectivity index (χ2n) is 8.30. The first kappa shape index (κ1) is 15.8. The van der Waals surface area contributed by atoms with E-state index in [1.54, 1.807) is 0 Å². The molecule has 0 radical (unpaired) electrons. The van der Waals surface area contributed by atoms with Crippen molar-refractivity contribution < 1.29 is 0 Å². The Morgan fingerprint density at radius 1 is 1.14 bits per heavy atom. The third-order valence-corrected chi connectivity index (χ3v) is 6.83. The number of rotatable bonds is 3. The molecule has 122 valence electrons. The Kier molecular flexibility index (Phi) is 4.63. The second kappa shape index (κ2) is 6.17. The summed E-state index contributed by atoms with van der Waals surface area (Å²) in [6, 6.07) is 1.49. The van der Waals surface area contributed by atoms with Crippen LogP contribution in [0.15, 0.2) is 0 Å². The quantitative estimate of drug-likeness (QED) is 0.868. The molecule has 0 amide bonds. The molecule has 3 aliphatic rings. The summed E-state index contributed by atoms with van der Waals surface area (Å²) in [5.41, 5.74) is 6.64. The van der Waals surface area contributed by atoms with Crippen LogP contribution in [-0.4, -0.2) is 53.6 Å². The fraction of sp³-hybridized carbons (Fsp3) is 1.00. The van der Waals surface area contributed by atoms with Gasteiger partial charge in [0.2, 0.25) is 0 Å². The lowest BCUT2D eigenvalue weighted by atomic mass is 9.71. The maximum Gasteiger partial charge on any atom is 0.0335 e. The van der Waals surface area contributed by atoms with E-state index in [-0.39, 0.29) is 0 Å². The molecular weight excluding hydrogens is 258 g/mol. The number of nitrogens with zero attached hydrogens (tertiary/aromatic N) is 2. The van der Waals surface area contributed by atoms with Gasteiger partial charge in [0.15, 0.2) is 0 Å². The average molecular weight is 293 g/mol. The lowest BCUT2D eigenvalue weighted by Crippen LogP contribution is -2.66. The van der Waals surface area contributed by atoms with Gasteiger partial charge in [-0.25, -0.2) is 0 Å². The van der Waals surface area contributed by atoms with E-state index < -0.39 is 0 Å². The summed E-state index contributed by atoms with van der Waals surface area (Å²) in [7, 11) is 0. The fourth-order valence-corrected chi connectivity index (χ4v) is 5.30. The standard InChI is InChI=1S/C18H35N3/c1-14(2)16-6-8-18(13-19,9-7-16)21-12-17-5-4-10-20(17)11-15(21)3/h14-17H,4-13,19H2,1-3H3. The summed E-state index contributed by atoms with van der Waals surface area (Å²) in [5, 5.41) is 0. The first-order valence-electron chi connectivity index (χ1n) is 9.26. The fourth-order valence-electron chi connectivity index (χ4n) is 5.30. The van der Waals surface area contributed by atoms with Crippen molar-refractivity contribution in [3.05, 3.63) is 0 Å². The lowest BCUT2D eigenvalue weighted by Gasteiger charge is -2.55. The van der Waals surface area contributed by atoms with Crippen LogP contribution in [-0.2, 0) is 0 Å². The summed E-state index contributed by atoms with van der Waals surface area (Å²) in [6.07, 6.45) is 8.21. The molecule has 3 heteroatoms. The Bertz CT molecular complexity index is 346. The topological polar surface area (TPSA) is 32.5 Å². The monoisotopic (exact) mass is 293 g/mol. The first-order chi connectivity index (χ1) is 10.1. The van der Waals surface area contributed by atoms with E-state index in [1.807, 2.05) is 0 Å². The van der Waals surface area contributed by atoms with Gasteiger partial charge in [-0.2, -0.15) is 0 Å². The maximum absolute atomic E-state index is 6.33.